The topological polar surface area (TPSA) is 108 Å². The van der Waals surface area contributed by atoms with E-state index in [2.05, 4.69) is 5.32 Å². The minimum absolute atomic E-state index is 0.371. The second kappa shape index (κ2) is 5.55. The Morgan fingerprint density at radius 1 is 1.44 bits per heavy atom. The van der Waals surface area contributed by atoms with Crippen molar-refractivity contribution in [2.45, 2.75) is 37.6 Å². The third-order valence-corrected chi connectivity index (χ3v) is 2.48. The van der Waals surface area contributed by atoms with Crippen LogP contribution in [0, 0.1) is 0 Å². The fourth-order valence-corrected chi connectivity index (χ4v) is 1.67. The Bertz CT molecular complexity index is 246. The van der Waals surface area contributed by atoms with Crippen molar-refractivity contribution in [2.24, 2.45) is 0 Å². The Labute approximate surface area is 93.0 Å². The highest BCUT2D eigenvalue weighted by Gasteiger charge is 2.44. The number of hydrogen-bond donors (Lipinski definition) is 4. The molecule has 0 aromatic rings. The van der Waals surface area contributed by atoms with E-state index in [1.165, 1.54) is 14.0 Å². The summed E-state index contributed by atoms with van der Waals surface area (Å²) in [6, 6.07) is -0.861. The van der Waals surface area contributed by atoms with Gasteiger partial charge in [-0.1, -0.05) is 0 Å². The van der Waals surface area contributed by atoms with Crippen LogP contribution in [0.3, 0.4) is 0 Å². The number of carbonyl (C=O) groups is 1. The number of carbonyl (C=O) groups excluding carboxylic acids is 1. The zero-order valence-electron chi connectivity index (χ0n) is 9.16. The summed E-state index contributed by atoms with van der Waals surface area (Å²) in [6.45, 7) is 0.842. The number of aliphatic hydroxyl groups is 3. The molecule has 1 aliphatic rings. The van der Waals surface area contributed by atoms with Crippen molar-refractivity contribution in [1.29, 1.82) is 0 Å². The Kier molecular flexibility index (Phi) is 4.63. The van der Waals surface area contributed by atoms with Gasteiger partial charge >= 0.3 is 0 Å². The largest absolute Gasteiger partial charge is 0.394 e. The average molecular weight is 235 g/mol. The van der Waals surface area contributed by atoms with Crippen molar-refractivity contribution in [3.8, 4) is 0 Å². The first-order chi connectivity index (χ1) is 7.51. The van der Waals surface area contributed by atoms with Gasteiger partial charge in [-0.2, -0.15) is 0 Å². The number of ether oxygens (including phenoxy) is 2. The van der Waals surface area contributed by atoms with E-state index in [1.54, 1.807) is 0 Å². The van der Waals surface area contributed by atoms with Gasteiger partial charge < -0.3 is 30.1 Å². The molecule has 0 bridgehead atoms. The van der Waals surface area contributed by atoms with Crippen LogP contribution in [-0.2, 0) is 14.3 Å². The van der Waals surface area contributed by atoms with Gasteiger partial charge in [0, 0.05) is 14.0 Å². The minimum atomic E-state index is -1.27. The summed E-state index contributed by atoms with van der Waals surface area (Å²) in [5.41, 5.74) is 0. The lowest BCUT2D eigenvalue weighted by atomic mass is 9.97. The van der Waals surface area contributed by atoms with Gasteiger partial charge in [0.05, 0.1) is 6.61 Å². The first-order valence-electron chi connectivity index (χ1n) is 4.93. The van der Waals surface area contributed by atoms with E-state index in [0.717, 1.165) is 0 Å². The lowest BCUT2D eigenvalue weighted by Crippen LogP contribution is -2.64. The fraction of sp³-hybridized carbons (Fsp3) is 0.889. The molecular formula is C9H17NO6. The molecule has 1 aliphatic heterocycles. The quantitative estimate of drug-likeness (QED) is 0.433. The van der Waals surface area contributed by atoms with E-state index in [-0.39, 0.29) is 5.91 Å². The van der Waals surface area contributed by atoms with Gasteiger partial charge in [-0.15, -0.1) is 0 Å². The normalized spacial score (nSPS) is 39.4. The molecule has 1 amide bonds. The summed E-state index contributed by atoms with van der Waals surface area (Å²) in [7, 11) is 1.35. The number of rotatable bonds is 3. The molecule has 94 valence electrons. The van der Waals surface area contributed by atoms with E-state index in [0.29, 0.717) is 0 Å². The molecular weight excluding hydrogens is 218 g/mol. The van der Waals surface area contributed by atoms with Crippen molar-refractivity contribution in [3.63, 3.8) is 0 Å². The summed E-state index contributed by atoms with van der Waals surface area (Å²) in [6.07, 6.45) is -4.35. The zero-order chi connectivity index (χ0) is 12.3. The van der Waals surface area contributed by atoms with Crippen LogP contribution < -0.4 is 5.32 Å². The van der Waals surface area contributed by atoms with Crippen LogP contribution in [0.5, 0.6) is 0 Å². The summed E-state index contributed by atoms with van der Waals surface area (Å²) in [5, 5.41) is 30.7. The number of aliphatic hydroxyl groups excluding tert-OH is 3. The SMILES string of the molecule is CO[C@@H]1O[C@H](CO)[C@@H](O)[C@@H](O)[C@H]1NC(C)=O. The Balaban J connectivity index is 2.77. The standard InChI is InChI=1S/C9H17NO6/c1-4(12)10-6-8(14)7(13)5(3-11)16-9(6)15-2/h5-9,11,13-14H,3H2,1-2H3,(H,10,12)/t5-,6-,7-,8+,9-/m1/s1. The molecule has 1 rings (SSSR count). The van der Waals surface area contributed by atoms with Crippen molar-refractivity contribution >= 4 is 5.91 Å². The molecule has 0 aliphatic carbocycles. The molecule has 1 fully saturated rings. The molecule has 0 spiro atoms. The van der Waals surface area contributed by atoms with Crippen LogP contribution in [0.25, 0.3) is 0 Å². The van der Waals surface area contributed by atoms with Gasteiger partial charge in [0.2, 0.25) is 5.91 Å². The van der Waals surface area contributed by atoms with Crippen molar-refractivity contribution in [1.82, 2.24) is 5.32 Å². The highest BCUT2D eigenvalue weighted by Crippen LogP contribution is 2.21. The number of nitrogens with one attached hydrogen (secondary N) is 1. The fourth-order valence-electron chi connectivity index (χ4n) is 1.67. The monoisotopic (exact) mass is 235 g/mol. The average Bonchev–Trinajstić information content (AvgIpc) is 2.25. The summed E-state index contributed by atoms with van der Waals surface area (Å²) in [5.74, 6) is -0.371. The predicted octanol–water partition coefficient (Wildman–Crippen LogP) is -2.42. The summed E-state index contributed by atoms with van der Waals surface area (Å²) in [4.78, 5) is 10.9. The molecule has 0 saturated carbocycles. The highest BCUT2D eigenvalue weighted by molar-refractivity contribution is 5.73. The van der Waals surface area contributed by atoms with Gasteiger partial charge in [0.15, 0.2) is 6.29 Å². The van der Waals surface area contributed by atoms with E-state index in [1.807, 2.05) is 0 Å². The van der Waals surface area contributed by atoms with Gasteiger partial charge in [0.1, 0.15) is 24.4 Å². The van der Waals surface area contributed by atoms with Crippen LogP contribution in [0.4, 0.5) is 0 Å². The first kappa shape index (κ1) is 13.3. The van der Waals surface area contributed by atoms with Crippen molar-refractivity contribution < 1.29 is 29.6 Å². The number of hydrogen-bond acceptors (Lipinski definition) is 6. The molecule has 0 unspecified atom stereocenters. The second-order valence-electron chi connectivity index (χ2n) is 3.67. The second-order valence-corrected chi connectivity index (χ2v) is 3.67. The summed E-state index contributed by atoms with van der Waals surface area (Å²) < 4.78 is 10.1. The molecule has 7 nitrogen and oxygen atoms in total. The maximum absolute atomic E-state index is 10.9. The van der Waals surface area contributed by atoms with Gasteiger partial charge in [-0.05, 0) is 0 Å². The van der Waals surface area contributed by atoms with E-state index in [4.69, 9.17) is 14.6 Å². The van der Waals surface area contributed by atoms with Gasteiger partial charge in [0.25, 0.3) is 0 Å². The molecule has 0 radical (unpaired) electrons. The maximum Gasteiger partial charge on any atom is 0.217 e. The van der Waals surface area contributed by atoms with Gasteiger partial charge in [-0.25, -0.2) is 0 Å². The molecule has 1 heterocycles. The van der Waals surface area contributed by atoms with Crippen molar-refractivity contribution in [3.05, 3.63) is 0 Å². The first-order valence-corrected chi connectivity index (χ1v) is 4.93. The smallest absolute Gasteiger partial charge is 0.217 e. The Hall–Kier alpha value is -0.730. The maximum atomic E-state index is 10.9. The van der Waals surface area contributed by atoms with E-state index < -0.39 is 37.3 Å². The Morgan fingerprint density at radius 2 is 2.06 bits per heavy atom. The third-order valence-electron chi connectivity index (χ3n) is 2.48. The molecule has 0 aromatic carbocycles. The zero-order valence-corrected chi connectivity index (χ0v) is 9.16. The highest BCUT2D eigenvalue weighted by atomic mass is 16.7. The van der Waals surface area contributed by atoms with Crippen LogP contribution in [0.1, 0.15) is 6.92 Å². The predicted molar refractivity (Wildman–Crippen MR) is 52.4 cm³/mol. The molecule has 1 saturated heterocycles. The number of methoxy groups -OCH3 is 1. The van der Waals surface area contributed by atoms with Crippen molar-refractivity contribution in [2.75, 3.05) is 13.7 Å². The van der Waals surface area contributed by atoms with Gasteiger partial charge in [-0.3, -0.25) is 4.79 Å². The minimum Gasteiger partial charge on any atom is -0.394 e. The van der Waals surface area contributed by atoms with Crippen LogP contribution in [0.2, 0.25) is 0 Å². The molecule has 0 aromatic heterocycles. The molecule has 16 heavy (non-hydrogen) atoms. The van der Waals surface area contributed by atoms with Crippen LogP contribution >= 0.6 is 0 Å². The van der Waals surface area contributed by atoms with E-state index >= 15 is 0 Å². The number of amides is 1. The van der Waals surface area contributed by atoms with E-state index in [9.17, 15) is 15.0 Å². The lowest BCUT2D eigenvalue weighted by Gasteiger charge is -2.41. The summed E-state index contributed by atoms with van der Waals surface area (Å²) >= 11 is 0. The van der Waals surface area contributed by atoms with Crippen LogP contribution in [-0.4, -0.2) is 65.6 Å². The lowest BCUT2D eigenvalue weighted by molar-refractivity contribution is -0.262. The van der Waals surface area contributed by atoms with Crippen LogP contribution in [0.15, 0.2) is 0 Å². The third kappa shape index (κ3) is 2.69. The molecule has 7 heteroatoms. The molecule has 5 atom stereocenters. The molecule has 4 N–H and O–H groups in total. The Morgan fingerprint density at radius 3 is 2.50 bits per heavy atom.